The highest BCUT2D eigenvalue weighted by Crippen LogP contribution is 2.53. The number of benzene rings is 1. The quantitative estimate of drug-likeness (QED) is 0.758. The largest absolute Gasteiger partial charge is 0.493 e. The van der Waals surface area contributed by atoms with Crippen LogP contribution in [0.15, 0.2) is 29.8 Å². The molecule has 3 atom stereocenters. The fourth-order valence-electron chi connectivity index (χ4n) is 4.44. The molecule has 1 saturated carbocycles. The summed E-state index contributed by atoms with van der Waals surface area (Å²) in [5.41, 5.74) is -0.277. The molecule has 7 nitrogen and oxygen atoms in total. The third-order valence-electron chi connectivity index (χ3n) is 5.68. The maximum atomic E-state index is 10.0. The van der Waals surface area contributed by atoms with Crippen molar-refractivity contribution in [2.75, 3.05) is 20.2 Å². The predicted octanol–water partition coefficient (Wildman–Crippen LogP) is 1.89. The van der Waals surface area contributed by atoms with E-state index in [9.17, 15) is 15.8 Å². The lowest BCUT2D eigenvalue weighted by Crippen LogP contribution is -2.87. The first kappa shape index (κ1) is 20.4. The molecule has 3 N–H and O–H groups in total. The van der Waals surface area contributed by atoms with Gasteiger partial charge in [-0.25, -0.2) is 0 Å². The number of rotatable bonds is 4. The molecular weight excluding hydrogens is 366 g/mol. The highest BCUT2D eigenvalue weighted by Gasteiger charge is 2.58. The smallest absolute Gasteiger partial charge is 0.189 e. The van der Waals surface area contributed by atoms with Gasteiger partial charge in [0.1, 0.15) is 5.92 Å². The number of nitrogens with one attached hydrogen (secondary N) is 1. The van der Waals surface area contributed by atoms with E-state index in [1.165, 1.54) is 0 Å². The lowest BCUT2D eigenvalue weighted by molar-refractivity contribution is -0.654. The summed E-state index contributed by atoms with van der Waals surface area (Å²) in [5, 5.41) is 40.5. The number of methoxy groups -OCH3 is 1. The van der Waals surface area contributed by atoms with Crippen LogP contribution >= 0.6 is 0 Å². The van der Waals surface area contributed by atoms with Crippen molar-refractivity contribution in [3.8, 4) is 29.7 Å². The summed E-state index contributed by atoms with van der Waals surface area (Å²) in [6, 6.07) is 11.7. The normalized spacial score (nSPS) is 25.1. The Morgan fingerprint density at radius 2 is 1.93 bits per heavy atom. The Kier molecular flexibility index (Phi) is 5.59. The van der Waals surface area contributed by atoms with Gasteiger partial charge in [-0.1, -0.05) is 6.07 Å². The van der Waals surface area contributed by atoms with E-state index in [2.05, 4.69) is 23.5 Å². The minimum Gasteiger partial charge on any atom is -0.493 e. The van der Waals surface area contributed by atoms with Crippen LogP contribution in [0.5, 0.6) is 11.5 Å². The molecule has 1 fully saturated rings. The van der Waals surface area contributed by atoms with Crippen molar-refractivity contribution in [3.05, 3.63) is 35.4 Å². The first-order chi connectivity index (χ1) is 13.9. The Balaban J connectivity index is 2.20. The molecule has 148 valence electrons. The molecule has 1 aromatic carbocycles. The van der Waals surface area contributed by atoms with E-state index in [-0.39, 0.29) is 17.7 Å². The molecule has 0 spiro atoms. The van der Waals surface area contributed by atoms with Crippen molar-refractivity contribution < 1.29 is 14.8 Å². The number of fused-ring (bicyclic) bond motifs is 1. The fraction of sp³-hybridized carbons (Fsp3) is 0.455. The summed E-state index contributed by atoms with van der Waals surface area (Å²) >= 11 is 0. The van der Waals surface area contributed by atoms with Crippen LogP contribution in [0.25, 0.3) is 0 Å². The topological polar surface area (TPSA) is 130 Å². The molecular formula is C22H24N5O2+. The van der Waals surface area contributed by atoms with Gasteiger partial charge < -0.3 is 20.2 Å². The van der Waals surface area contributed by atoms with Gasteiger partial charge in [0.2, 0.25) is 0 Å². The Hall–Kier alpha value is -3.34. The van der Waals surface area contributed by atoms with Crippen molar-refractivity contribution in [1.29, 1.82) is 21.2 Å². The molecule has 1 aliphatic heterocycles. The fourth-order valence-corrected chi connectivity index (χ4v) is 4.44. The highest BCUT2D eigenvalue weighted by molar-refractivity contribution is 6.00. The van der Waals surface area contributed by atoms with E-state index in [1.54, 1.807) is 19.2 Å². The molecule has 0 bridgehead atoms. The van der Waals surface area contributed by atoms with Crippen LogP contribution in [-0.2, 0) is 0 Å². The summed E-state index contributed by atoms with van der Waals surface area (Å²) in [5.74, 6) is -0.504. The molecule has 1 aliphatic carbocycles. The van der Waals surface area contributed by atoms with Gasteiger partial charge in [-0.15, -0.1) is 0 Å². The minimum atomic E-state index is -1.71. The van der Waals surface area contributed by atoms with Crippen molar-refractivity contribution >= 4 is 5.71 Å². The molecule has 2 aliphatic rings. The van der Waals surface area contributed by atoms with Crippen molar-refractivity contribution in [3.63, 3.8) is 0 Å². The van der Waals surface area contributed by atoms with Crippen LogP contribution in [0, 0.1) is 56.7 Å². The SMILES string of the molecule is COc1cc([C@H]2[C@@H]3C[NH2+]CC=C3[C@H](C#N)C(=N)C2(C#N)C#N)ccc1OC(C)C. The third kappa shape index (κ3) is 3.23. The molecule has 0 aromatic heterocycles. The highest BCUT2D eigenvalue weighted by atomic mass is 16.5. The summed E-state index contributed by atoms with van der Waals surface area (Å²) in [4.78, 5) is 0. The Morgan fingerprint density at radius 1 is 1.21 bits per heavy atom. The van der Waals surface area contributed by atoms with E-state index in [4.69, 9.17) is 14.9 Å². The van der Waals surface area contributed by atoms with Crippen molar-refractivity contribution in [2.45, 2.75) is 25.9 Å². The number of hydrogen-bond donors (Lipinski definition) is 2. The Labute approximate surface area is 170 Å². The molecule has 1 heterocycles. The van der Waals surface area contributed by atoms with E-state index >= 15 is 0 Å². The van der Waals surface area contributed by atoms with Gasteiger partial charge in [-0.05, 0) is 43.2 Å². The van der Waals surface area contributed by atoms with Gasteiger partial charge in [0.15, 0.2) is 16.9 Å². The molecule has 0 saturated heterocycles. The first-order valence-electron chi connectivity index (χ1n) is 9.60. The van der Waals surface area contributed by atoms with E-state index in [0.717, 1.165) is 17.7 Å². The van der Waals surface area contributed by atoms with Crippen molar-refractivity contribution in [1.82, 2.24) is 0 Å². The van der Waals surface area contributed by atoms with E-state index in [1.807, 2.05) is 26.0 Å². The zero-order chi connectivity index (χ0) is 21.2. The lowest BCUT2D eigenvalue weighted by atomic mass is 9.54. The van der Waals surface area contributed by atoms with Gasteiger partial charge >= 0.3 is 0 Å². The third-order valence-corrected chi connectivity index (χ3v) is 5.68. The Morgan fingerprint density at radius 3 is 2.52 bits per heavy atom. The monoisotopic (exact) mass is 390 g/mol. The predicted molar refractivity (Wildman–Crippen MR) is 105 cm³/mol. The number of quaternary nitrogens is 1. The second-order valence-electron chi connectivity index (χ2n) is 7.63. The first-order valence-corrected chi connectivity index (χ1v) is 9.60. The molecule has 0 unspecified atom stereocenters. The van der Waals surface area contributed by atoms with Crippen LogP contribution in [0.4, 0.5) is 0 Å². The summed E-state index contributed by atoms with van der Waals surface area (Å²) in [7, 11) is 1.54. The number of ether oxygens (including phenoxy) is 2. The van der Waals surface area contributed by atoms with Gasteiger partial charge in [-0.2, -0.15) is 15.8 Å². The van der Waals surface area contributed by atoms with Gasteiger partial charge in [0, 0.05) is 11.8 Å². The van der Waals surface area contributed by atoms with E-state index < -0.39 is 17.3 Å². The van der Waals surface area contributed by atoms with Crippen LogP contribution in [0.3, 0.4) is 0 Å². The van der Waals surface area contributed by atoms with Crippen LogP contribution in [0.1, 0.15) is 25.3 Å². The summed E-state index contributed by atoms with van der Waals surface area (Å²) < 4.78 is 11.3. The Bertz CT molecular complexity index is 962. The molecule has 0 amide bonds. The van der Waals surface area contributed by atoms with Crippen molar-refractivity contribution in [2.24, 2.45) is 17.3 Å². The standard InChI is InChI=1S/C22H23N5O2/c1-13(2)29-18-5-4-14(8-19(18)28-3)20-17-10-27-7-6-15(17)16(9-23)21(26)22(20,11-24)12-25/h4-6,8,13,16-17,20,26-27H,7,10H2,1-3H3/p+1/t16-,17+,20-/m0/s1. The second kappa shape index (κ2) is 7.95. The molecule has 29 heavy (non-hydrogen) atoms. The minimum absolute atomic E-state index is 0.0335. The average Bonchev–Trinajstić information content (AvgIpc) is 2.73. The zero-order valence-electron chi connectivity index (χ0n) is 16.8. The number of nitrogens with zero attached hydrogens (tertiary/aromatic N) is 3. The van der Waals surface area contributed by atoms with Gasteiger partial charge in [0.25, 0.3) is 0 Å². The number of nitrogens with two attached hydrogens (primary N) is 1. The average molecular weight is 390 g/mol. The molecule has 3 rings (SSSR count). The number of nitriles is 3. The summed E-state index contributed by atoms with van der Waals surface area (Å²) in [6.45, 7) is 5.21. The van der Waals surface area contributed by atoms with Gasteiger partial charge in [-0.3, -0.25) is 0 Å². The van der Waals surface area contributed by atoms with Crippen LogP contribution < -0.4 is 14.8 Å². The summed E-state index contributed by atoms with van der Waals surface area (Å²) in [6.07, 6.45) is 1.93. The number of hydrogen-bond acceptors (Lipinski definition) is 6. The van der Waals surface area contributed by atoms with E-state index in [0.29, 0.717) is 18.0 Å². The molecule has 0 radical (unpaired) electrons. The lowest BCUT2D eigenvalue weighted by Gasteiger charge is -2.44. The van der Waals surface area contributed by atoms with Crippen LogP contribution in [-0.4, -0.2) is 32.0 Å². The second-order valence-corrected chi connectivity index (χ2v) is 7.63. The maximum absolute atomic E-state index is 10.0. The molecule has 1 aromatic rings. The van der Waals surface area contributed by atoms with Crippen LogP contribution in [0.2, 0.25) is 0 Å². The van der Waals surface area contributed by atoms with Gasteiger partial charge in [0.05, 0.1) is 50.2 Å². The maximum Gasteiger partial charge on any atom is 0.189 e. The zero-order valence-corrected chi connectivity index (χ0v) is 16.8. The molecule has 7 heteroatoms.